The first-order chi connectivity index (χ1) is 15.2. The van der Waals surface area contributed by atoms with Crippen molar-refractivity contribution in [1.82, 2.24) is 19.8 Å². The summed E-state index contributed by atoms with van der Waals surface area (Å²) in [6, 6.07) is 7.32. The molecule has 8 nitrogen and oxygen atoms in total. The van der Waals surface area contributed by atoms with Gasteiger partial charge in [0, 0.05) is 26.2 Å². The number of hydrogen-bond donors (Lipinski definition) is 1. The molecule has 0 bridgehead atoms. The van der Waals surface area contributed by atoms with Crippen molar-refractivity contribution in [2.75, 3.05) is 20.3 Å². The minimum absolute atomic E-state index is 0.0146. The van der Waals surface area contributed by atoms with Gasteiger partial charge in [-0.05, 0) is 45.1 Å². The predicted octanol–water partition coefficient (Wildman–Crippen LogP) is 3.14. The number of ether oxygens (including phenoxy) is 1. The number of rotatable bonds is 11. The van der Waals surface area contributed by atoms with Crippen molar-refractivity contribution >= 4 is 15.9 Å². The summed E-state index contributed by atoms with van der Waals surface area (Å²) in [6.45, 7) is 7.45. The first-order valence-electron chi connectivity index (χ1n) is 11.1. The third-order valence-electron chi connectivity index (χ3n) is 5.40. The molecule has 1 aliphatic carbocycles. The van der Waals surface area contributed by atoms with Gasteiger partial charge < -0.3 is 19.5 Å². The molecule has 2 amide bonds. The highest BCUT2D eigenvalue weighted by Crippen LogP contribution is 2.30. The van der Waals surface area contributed by atoms with Crippen LogP contribution in [0.25, 0.3) is 0 Å². The molecule has 0 aliphatic heterocycles. The van der Waals surface area contributed by atoms with Crippen molar-refractivity contribution in [3.05, 3.63) is 47.3 Å². The first kappa shape index (κ1) is 24.3. The van der Waals surface area contributed by atoms with Gasteiger partial charge in [-0.3, -0.25) is 0 Å². The van der Waals surface area contributed by atoms with E-state index in [1.54, 1.807) is 22.8 Å². The lowest BCUT2D eigenvalue weighted by molar-refractivity contribution is 0.177. The van der Waals surface area contributed by atoms with Crippen molar-refractivity contribution < 1.29 is 17.9 Å². The van der Waals surface area contributed by atoms with Crippen LogP contribution in [0.4, 0.5) is 4.79 Å². The molecule has 9 heteroatoms. The van der Waals surface area contributed by atoms with E-state index in [1.807, 2.05) is 45.0 Å². The predicted molar refractivity (Wildman–Crippen MR) is 123 cm³/mol. The Bertz CT molecular complexity index is 1010. The fraction of sp³-hybridized carbons (Fsp3) is 0.565. The molecule has 1 N–H and O–H groups in total. The number of imidazole rings is 1. The Balaban J connectivity index is 1.87. The standard InChI is InChI=1S/C23H34N4O4S/c1-17(2)25-22(28)26(14-19-9-10-19)15-21-13-24-23(27(21)11-12-31-4)32(29,30)16-20-7-5-18(3)6-8-20/h5-8,13,17,19H,9-12,14-16H2,1-4H3,(H,25,28). The molecule has 0 unspecified atom stereocenters. The summed E-state index contributed by atoms with van der Waals surface area (Å²) in [5.41, 5.74) is 2.47. The molecule has 2 aromatic rings. The lowest BCUT2D eigenvalue weighted by Crippen LogP contribution is -2.43. The average Bonchev–Trinajstić information content (AvgIpc) is 3.45. The number of nitrogens with zero attached hydrogens (tertiary/aromatic N) is 3. The van der Waals surface area contributed by atoms with Crippen LogP contribution in [0.15, 0.2) is 35.6 Å². The molecule has 0 atom stereocenters. The van der Waals surface area contributed by atoms with E-state index in [4.69, 9.17) is 4.74 Å². The molecule has 0 radical (unpaired) electrons. The number of urea groups is 1. The summed E-state index contributed by atoms with van der Waals surface area (Å²) >= 11 is 0. The molecule has 32 heavy (non-hydrogen) atoms. The van der Waals surface area contributed by atoms with Crippen molar-refractivity contribution in [3.63, 3.8) is 0 Å². The number of benzene rings is 1. The molecule has 1 saturated carbocycles. The van der Waals surface area contributed by atoms with E-state index >= 15 is 0 Å². The Hall–Kier alpha value is -2.39. The van der Waals surface area contributed by atoms with E-state index in [2.05, 4.69) is 10.3 Å². The highest BCUT2D eigenvalue weighted by atomic mass is 32.2. The molecule has 1 fully saturated rings. The summed E-state index contributed by atoms with van der Waals surface area (Å²) in [5, 5.41) is 2.96. The topological polar surface area (TPSA) is 93.5 Å². The van der Waals surface area contributed by atoms with Crippen LogP contribution in [-0.4, -0.2) is 55.2 Å². The maximum Gasteiger partial charge on any atom is 0.317 e. The third-order valence-corrected chi connectivity index (χ3v) is 7.00. The fourth-order valence-electron chi connectivity index (χ4n) is 3.52. The second-order valence-electron chi connectivity index (χ2n) is 8.85. The molecule has 1 heterocycles. The molecular weight excluding hydrogens is 428 g/mol. The number of aryl methyl sites for hydroxylation is 1. The molecule has 176 valence electrons. The molecule has 1 aromatic carbocycles. The summed E-state index contributed by atoms with van der Waals surface area (Å²) in [5.74, 6) is 0.379. The van der Waals surface area contributed by atoms with Gasteiger partial charge in [0.15, 0.2) is 0 Å². The Morgan fingerprint density at radius 2 is 1.97 bits per heavy atom. The lowest BCUT2D eigenvalue weighted by atomic mass is 10.2. The summed E-state index contributed by atoms with van der Waals surface area (Å²) in [6.07, 6.45) is 3.80. The average molecular weight is 463 g/mol. The van der Waals surface area contributed by atoms with E-state index in [1.165, 1.54) is 0 Å². The third kappa shape index (κ3) is 6.56. The maximum atomic E-state index is 13.2. The van der Waals surface area contributed by atoms with Crippen LogP contribution in [0.1, 0.15) is 43.5 Å². The van der Waals surface area contributed by atoms with Gasteiger partial charge in [-0.25, -0.2) is 18.2 Å². The Kier molecular flexibility index (Phi) is 7.95. The van der Waals surface area contributed by atoms with Crippen molar-refractivity contribution in [2.24, 2.45) is 5.92 Å². The van der Waals surface area contributed by atoms with E-state index in [0.717, 1.165) is 18.4 Å². The lowest BCUT2D eigenvalue weighted by Gasteiger charge is -2.25. The van der Waals surface area contributed by atoms with Crippen LogP contribution in [0.2, 0.25) is 0 Å². The number of amides is 2. The molecule has 3 rings (SSSR count). The van der Waals surface area contributed by atoms with Crippen molar-refractivity contribution in [2.45, 2.75) is 63.7 Å². The zero-order chi connectivity index (χ0) is 23.3. The van der Waals surface area contributed by atoms with Crippen LogP contribution in [0.3, 0.4) is 0 Å². The van der Waals surface area contributed by atoms with E-state index in [-0.39, 0.29) is 23.0 Å². The summed E-state index contributed by atoms with van der Waals surface area (Å²) in [4.78, 5) is 18.8. The normalized spacial score (nSPS) is 14.0. The Morgan fingerprint density at radius 3 is 2.56 bits per heavy atom. The Morgan fingerprint density at radius 1 is 1.28 bits per heavy atom. The van der Waals surface area contributed by atoms with E-state index < -0.39 is 9.84 Å². The van der Waals surface area contributed by atoms with Gasteiger partial charge >= 0.3 is 6.03 Å². The summed E-state index contributed by atoms with van der Waals surface area (Å²) in [7, 11) is -2.10. The van der Waals surface area contributed by atoms with Crippen LogP contribution >= 0.6 is 0 Å². The quantitative estimate of drug-likeness (QED) is 0.554. The summed E-state index contributed by atoms with van der Waals surface area (Å²) < 4.78 is 33.3. The molecule has 0 spiro atoms. The molecule has 0 saturated heterocycles. The zero-order valence-electron chi connectivity index (χ0n) is 19.4. The number of hydrogen-bond acceptors (Lipinski definition) is 5. The number of methoxy groups -OCH3 is 1. The Labute approximate surface area is 190 Å². The number of carbonyl (C=O) groups excluding carboxylic acids is 1. The monoisotopic (exact) mass is 462 g/mol. The van der Waals surface area contributed by atoms with E-state index in [0.29, 0.717) is 43.4 Å². The van der Waals surface area contributed by atoms with Gasteiger partial charge in [0.2, 0.25) is 15.0 Å². The zero-order valence-corrected chi connectivity index (χ0v) is 20.2. The molecule has 1 aliphatic rings. The minimum Gasteiger partial charge on any atom is -0.383 e. The van der Waals surface area contributed by atoms with Crippen molar-refractivity contribution in [1.29, 1.82) is 0 Å². The maximum absolute atomic E-state index is 13.2. The molecular formula is C23H34N4O4S. The number of aromatic nitrogens is 2. The van der Waals surface area contributed by atoms with E-state index in [9.17, 15) is 13.2 Å². The van der Waals surface area contributed by atoms with Crippen LogP contribution in [0.5, 0.6) is 0 Å². The number of nitrogens with one attached hydrogen (secondary N) is 1. The highest BCUT2D eigenvalue weighted by molar-refractivity contribution is 7.90. The largest absolute Gasteiger partial charge is 0.383 e. The van der Waals surface area contributed by atoms with Gasteiger partial charge in [0.1, 0.15) is 0 Å². The second kappa shape index (κ2) is 10.5. The van der Waals surface area contributed by atoms with Gasteiger partial charge in [0.25, 0.3) is 0 Å². The molecule has 1 aromatic heterocycles. The first-order valence-corrected chi connectivity index (χ1v) is 12.7. The van der Waals surface area contributed by atoms with Crippen molar-refractivity contribution in [3.8, 4) is 0 Å². The van der Waals surface area contributed by atoms with Crippen LogP contribution < -0.4 is 5.32 Å². The number of sulfone groups is 1. The highest BCUT2D eigenvalue weighted by Gasteiger charge is 2.29. The smallest absolute Gasteiger partial charge is 0.317 e. The van der Waals surface area contributed by atoms with Gasteiger partial charge in [-0.15, -0.1) is 0 Å². The van der Waals surface area contributed by atoms with Crippen LogP contribution in [0, 0.1) is 12.8 Å². The SMILES string of the molecule is COCCn1c(CN(CC2CC2)C(=O)NC(C)C)cnc1S(=O)(=O)Cc1ccc(C)cc1. The number of carbonyl (C=O) groups is 1. The minimum atomic E-state index is -3.67. The van der Waals surface area contributed by atoms with Crippen LogP contribution in [-0.2, 0) is 33.4 Å². The van der Waals surface area contributed by atoms with Gasteiger partial charge in [0.05, 0.1) is 30.8 Å². The fourth-order valence-corrected chi connectivity index (χ4v) is 5.04. The second-order valence-corrected chi connectivity index (χ2v) is 10.7. The van der Waals surface area contributed by atoms with Gasteiger partial charge in [-0.1, -0.05) is 29.8 Å². The van der Waals surface area contributed by atoms with Gasteiger partial charge in [-0.2, -0.15) is 0 Å².